The molecule has 0 radical (unpaired) electrons. The number of nitrogens with one attached hydrogen (secondary N) is 1. The first kappa shape index (κ1) is 20.8. The number of aromatic nitrogens is 1. The highest BCUT2D eigenvalue weighted by molar-refractivity contribution is 7.88. The van der Waals surface area contributed by atoms with E-state index in [1.165, 1.54) is 10.6 Å². The van der Waals surface area contributed by atoms with E-state index < -0.39 is 10.0 Å². The van der Waals surface area contributed by atoms with Crippen molar-refractivity contribution in [2.45, 2.75) is 25.7 Å². The number of piperidine rings is 1. The van der Waals surface area contributed by atoms with Crippen LogP contribution in [0.2, 0.25) is 5.02 Å². The van der Waals surface area contributed by atoms with Gasteiger partial charge in [0.1, 0.15) is 0 Å². The number of sulfonamides is 1. The molecule has 28 heavy (non-hydrogen) atoms. The van der Waals surface area contributed by atoms with Crippen molar-refractivity contribution in [3.05, 3.63) is 41.4 Å². The minimum atomic E-state index is -3.12. The van der Waals surface area contributed by atoms with Crippen molar-refractivity contribution in [3.8, 4) is 11.3 Å². The number of hydrogen-bond acceptors (Lipinski definition) is 5. The lowest BCUT2D eigenvalue weighted by atomic mass is 9.98. The zero-order chi connectivity index (χ0) is 20.1. The van der Waals surface area contributed by atoms with Crippen LogP contribution in [-0.4, -0.2) is 49.5 Å². The number of amides is 1. The highest BCUT2D eigenvalue weighted by Gasteiger charge is 2.25. The summed E-state index contributed by atoms with van der Waals surface area (Å²) in [6.07, 6.45) is 5.12. The molecule has 1 fully saturated rings. The van der Waals surface area contributed by atoms with Gasteiger partial charge in [0.15, 0.2) is 11.7 Å². The Bertz CT molecular complexity index is 904. The molecule has 2 heterocycles. The van der Waals surface area contributed by atoms with E-state index in [1.54, 1.807) is 18.3 Å². The van der Waals surface area contributed by atoms with Crippen molar-refractivity contribution in [3.63, 3.8) is 0 Å². The molecule has 152 valence electrons. The van der Waals surface area contributed by atoms with Gasteiger partial charge in [0.25, 0.3) is 0 Å². The third-order valence-electron chi connectivity index (χ3n) is 4.88. The van der Waals surface area contributed by atoms with Gasteiger partial charge < -0.3 is 9.73 Å². The molecule has 7 nitrogen and oxygen atoms in total. The lowest BCUT2D eigenvalue weighted by Gasteiger charge is -2.30. The van der Waals surface area contributed by atoms with Crippen LogP contribution >= 0.6 is 11.6 Å². The van der Waals surface area contributed by atoms with Gasteiger partial charge in [-0.15, -0.1) is 0 Å². The Morgan fingerprint density at radius 2 is 1.96 bits per heavy atom. The second-order valence-electron chi connectivity index (χ2n) is 7.03. The van der Waals surface area contributed by atoms with Crippen molar-refractivity contribution in [2.24, 2.45) is 5.92 Å². The van der Waals surface area contributed by atoms with E-state index in [0.717, 1.165) is 18.4 Å². The quantitative estimate of drug-likeness (QED) is 0.736. The molecular formula is C19H24ClN3O4S. The van der Waals surface area contributed by atoms with Crippen molar-refractivity contribution < 1.29 is 17.6 Å². The maximum Gasteiger partial charge on any atom is 0.220 e. The highest BCUT2D eigenvalue weighted by atomic mass is 35.5. The molecule has 1 aliphatic rings. The molecule has 9 heteroatoms. The summed E-state index contributed by atoms with van der Waals surface area (Å²) in [5.74, 6) is 1.41. The van der Waals surface area contributed by atoms with Crippen molar-refractivity contribution in [2.75, 3.05) is 25.9 Å². The lowest BCUT2D eigenvalue weighted by Crippen LogP contribution is -2.41. The lowest BCUT2D eigenvalue weighted by molar-refractivity contribution is -0.121. The molecule has 1 saturated heterocycles. The van der Waals surface area contributed by atoms with Crippen molar-refractivity contribution in [1.82, 2.24) is 14.6 Å². The van der Waals surface area contributed by atoms with Crippen LogP contribution in [0.15, 0.2) is 34.9 Å². The summed E-state index contributed by atoms with van der Waals surface area (Å²) in [7, 11) is -3.12. The van der Waals surface area contributed by atoms with E-state index in [0.29, 0.717) is 55.1 Å². The molecule has 0 spiro atoms. The van der Waals surface area contributed by atoms with Gasteiger partial charge in [0, 0.05) is 43.1 Å². The zero-order valence-electron chi connectivity index (χ0n) is 15.7. The van der Waals surface area contributed by atoms with Gasteiger partial charge >= 0.3 is 0 Å². The number of oxazole rings is 1. The third kappa shape index (κ3) is 5.80. The molecule has 0 atom stereocenters. The standard InChI is InChI=1S/C19H24ClN3O4S/c1-28(25,26)23-10-8-14(9-11-23)12-21-18(24)6-7-19-22-13-17(27-19)15-2-4-16(20)5-3-15/h2-5,13-14H,6-12H2,1H3,(H,21,24). The first-order chi connectivity index (χ1) is 13.3. The maximum absolute atomic E-state index is 12.1. The minimum absolute atomic E-state index is 0.0585. The Morgan fingerprint density at radius 1 is 1.29 bits per heavy atom. The van der Waals surface area contributed by atoms with Crippen LogP contribution in [0, 0.1) is 5.92 Å². The fraction of sp³-hybridized carbons (Fsp3) is 0.474. The molecule has 1 aromatic heterocycles. The molecule has 0 unspecified atom stereocenters. The van der Waals surface area contributed by atoms with Gasteiger partial charge in [-0.05, 0) is 43.0 Å². The smallest absolute Gasteiger partial charge is 0.220 e. The first-order valence-corrected chi connectivity index (χ1v) is 11.5. The molecule has 1 N–H and O–H groups in total. The number of carbonyl (C=O) groups is 1. The monoisotopic (exact) mass is 425 g/mol. The van der Waals surface area contributed by atoms with Gasteiger partial charge in [0.05, 0.1) is 12.5 Å². The Hall–Kier alpha value is -1.90. The van der Waals surface area contributed by atoms with Crippen LogP contribution in [0.5, 0.6) is 0 Å². The number of carbonyl (C=O) groups excluding carboxylic acids is 1. The average molecular weight is 426 g/mol. The second kappa shape index (κ2) is 9.07. The van der Waals surface area contributed by atoms with Gasteiger partial charge in [-0.2, -0.15) is 0 Å². The largest absolute Gasteiger partial charge is 0.441 e. The maximum atomic E-state index is 12.1. The summed E-state index contributed by atoms with van der Waals surface area (Å²) in [5, 5.41) is 3.58. The summed E-state index contributed by atoms with van der Waals surface area (Å²) >= 11 is 5.88. The number of hydrogen-bond donors (Lipinski definition) is 1. The average Bonchev–Trinajstić information content (AvgIpc) is 3.14. The molecule has 1 aromatic carbocycles. The number of rotatable bonds is 7. The van der Waals surface area contributed by atoms with E-state index >= 15 is 0 Å². The normalized spacial score (nSPS) is 16.2. The summed E-state index contributed by atoms with van der Waals surface area (Å²) in [5.41, 5.74) is 0.882. The van der Waals surface area contributed by atoms with E-state index in [2.05, 4.69) is 10.3 Å². The van der Waals surface area contributed by atoms with E-state index in [1.807, 2.05) is 12.1 Å². The van der Waals surface area contributed by atoms with Gasteiger partial charge in [-0.1, -0.05) is 11.6 Å². The van der Waals surface area contributed by atoms with Crippen LogP contribution in [0.25, 0.3) is 11.3 Å². The highest BCUT2D eigenvalue weighted by Crippen LogP contribution is 2.23. The van der Waals surface area contributed by atoms with E-state index in [4.69, 9.17) is 16.0 Å². The summed E-state index contributed by atoms with van der Waals surface area (Å²) in [4.78, 5) is 16.3. The number of halogens is 1. The van der Waals surface area contributed by atoms with Crippen LogP contribution in [0.4, 0.5) is 0 Å². The predicted octanol–water partition coefficient (Wildman–Crippen LogP) is 2.72. The fourth-order valence-electron chi connectivity index (χ4n) is 3.19. The Morgan fingerprint density at radius 3 is 2.61 bits per heavy atom. The molecule has 0 bridgehead atoms. The topological polar surface area (TPSA) is 92.5 Å². The number of nitrogens with zero attached hydrogens (tertiary/aromatic N) is 2. The molecule has 2 aromatic rings. The minimum Gasteiger partial charge on any atom is -0.441 e. The van der Waals surface area contributed by atoms with E-state index in [9.17, 15) is 13.2 Å². The molecule has 1 aliphatic heterocycles. The summed E-state index contributed by atoms with van der Waals surface area (Å²) in [6.45, 7) is 1.60. The molecular weight excluding hydrogens is 402 g/mol. The van der Waals surface area contributed by atoms with Gasteiger partial charge in [-0.3, -0.25) is 4.79 Å². The van der Waals surface area contributed by atoms with E-state index in [-0.39, 0.29) is 5.91 Å². The Kier molecular flexibility index (Phi) is 6.74. The van der Waals surface area contributed by atoms with Crippen molar-refractivity contribution >= 4 is 27.5 Å². The summed E-state index contributed by atoms with van der Waals surface area (Å²) < 4.78 is 30.2. The molecule has 0 saturated carbocycles. The second-order valence-corrected chi connectivity index (χ2v) is 9.45. The third-order valence-corrected chi connectivity index (χ3v) is 6.43. The van der Waals surface area contributed by atoms with Gasteiger partial charge in [0.2, 0.25) is 15.9 Å². The predicted molar refractivity (Wildman–Crippen MR) is 107 cm³/mol. The van der Waals surface area contributed by atoms with Crippen molar-refractivity contribution in [1.29, 1.82) is 0 Å². The van der Waals surface area contributed by atoms with Crippen LogP contribution < -0.4 is 5.32 Å². The Balaban J connectivity index is 1.40. The van der Waals surface area contributed by atoms with Crippen LogP contribution in [0.3, 0.4) is 0 Å². The van der Waals surface area contributed by atoms with Crippen LogP contribution in [-0.2, 0) is 21.2 Å². The van der Waals surface area contributed by atoms with Crippen LogP contribution in [0.1, 0.15) is 25.2 Å². The Labute approximate surface area is 170 Å². The molecule has 3 rings (SSSR count). The SMILES string of the molecule is CS(=O)(=O)N1CCC(CNC(=O)CCc2ncc(-c3ccc(Cl)cc3)o2)CC1. The number of benzene rings is 1. The number of aryl methyl sites for hydroxylation is 1. The zero-order valence-corrected chi connectivity index (χ0v) is 17.3. The summed E-state index contributed by atoms with van der Waals surface area (Å²) in [6, 6.07) is 7.28. The van der Waals surface area contributed by atoms with Gasteiger partial charge in [-0.25, -0.2) is 17.7 Å². The molecule has 0 aliphatic carbocycles. The first-order valence-electron chi connectivity index (χ1n) is 9.24. The molecule has 1 amide bonds. The fourth-order valence-corrected chi connectivity index (χ4v) is 4.19.